The van der Waals surface area contributed by atoms with Crippen molar-refractivity contribution in [2.75, 3.05) is 0 Å². The second-order valence-corrected chi connectivity index (χ2v) is 4.04. The standard InChI is InChI=1S/C10H11N3O2/c11-5-4-10(2-3-10)7-13-6-1-8(12-13)9(14)15/h1,6H,2-4,7H2,(H,14,15). The van der Waals surface area contributed by atoms with E-state index in [1.807, 2.05) is 0 Å². The summed E-state index contributed by atoms with van der Waals surface area (Å²) < 4.78 is 1.62. The Kier molecular flexibility index (Phi) is 2.19. The number of carboxylic acids is 1. The van der Waals surface area contributed by atoms with Gasteiger partial charge in [-0.15, -0.1) is 0 Å². The van der Waals surface area contributed by atoms with Gasteiger partial charge in [0.1, 0.15) is 0 Å². The van der Waals surface area contributed by atoms with E-state index in [-0.39, 0.29) is 11.1 Å². The Labute approximate surface area is 86.9 Å². The lowest BCUT2D eigenvalue weighted by Gasteiger charge is -2.09. The molecule has 0 atom stereocenters. The zero-order chi connectivity index (χ0) is 10.9. The Hall–Kier alpha value is -1.83. The van der Waals surface area contributed by atoms with Gasteiger partial charge >= 0.3 is 5.97 Å². The number of nitriles is 1. The van der Waals surface area contributed by atoms with Crippen LogP contribution in [-0.4, -0.2) is 20.9 Å². The maximum atomic E-state index is 10.6. The highest BCUT2D eigenvalue weighted by Gasteiger charge is 2.42. The third-order valence-corrected chi connectivity index (χ3v) is 2.77. The minimum absolute atomic E-state index is 0.0521. The number of nitrogens with zero attached hydrogens (tertiary/aromatic N) is 3. The third-order valence-electron chi connectivity index (χ3n) is 2.77. The largest absolute Gasteiger partial charge is 0.476 e. The summed E-state index contributed by atoms with van der Waals surface area (Å²) in [6.07, 6.45) is 4.24. The summed E-state index contributed by atoms with van der Waals surface area (Å²) in [6.45, 7) is 0.647. The van der Waals surface area contributed by atoms with Crippen molar-refractivity contribution in [3.63, 3.8) is 0 Å². The second-order valence-electron chi connectivity index (χ2n) is 4.04. The van der Waals surface area contributed by atoms with E-state index in [9.17, 15) is 4.79 Å². The molecule has 0 bridgehead atoms. The lowest BCUT2D eigenvalue weighted by molar-refractivity contribution is 0.0689. The molecule has 1 fully saturated rings. The quantitative estimate of drug-likeness (QED) is 0.802. The Morgan fingerprint density at radius 3 is 2.93 bits per heavy atom. The van der Waals surface area contributed by atoms with Crippen LogP contribution in [-0.2, 0) is 6.54 Å². The lowest BCUT2D eigenvalue weighted by Crippen LogP contribution is -2.12. The van der Waals surface area contributed by atoms with Crippen molar-refractivity contribution >= 4 is 5.97 Å². The second kappa shape index (κ2) is 3.39. The third kappa shape index (κ3) is 1.99. The van der Waals surface area contributed by atoms with Gasteiger partial charge < -0.3 is 5.11 Å². The first-order valence-electron chi connectivity index (χ1n) is 4.79. The molecule has 0 aromatic carbocycles. The summed E-state index contributed by atoms with van der Waals surface area (Å²) in [5, 5.41) is 21.3. The molecule has 0 unspecified atom stereocenters. The minimum atomic E-state index is -1.01. The number of hydrogen-bond acceptors (Lipinski definition) is 3. The topological polar surface area (TPSA) is 78.9 Å². The van der Waals surface area contributed by atoms with Gasteiger partial charge in [0.25, 0.3) is 0 Å². The van der Waals surface area contributed by atoms with Crippen LogP contribution >= 0.6 is 0 Å². The maximum absolute atomic E-state index is 10.6. The first-order valence-corrected chi connectivity index (χ1v) is 4.79. The average Bonchev–Trinajstić information content (AvgIpc) is 2.77. The van der Waals surface area contributed by atoms with E-state index in [2.05, 4.69) is 11.2 Å². The number of carbonyl (C=O) groups is 1. The van der Waals surface area contributed by atoms with Crippen LogP contribution in [0, 0.1) is 16.7 Å². The normalized spacial score (nSPS) is 17.0. The van der Waals surface area contributed by atoms with Crippen LogP contribution in [0.5, 0.6) is 0 Å². The highest BCUT2D eigenvalue weighted by atomic mass is 16.4. The molecule has 15 heavy (non-hydrogen) atoms. The molecule has 0 spiro atoms. The molecule has 1 aliphatic carbocycles. The summed E-state index contributed by atoms with van der Waals surface area (Å²) in [7, 11) is 0. The first kappa shape index (κ1) is 9.71. The fraction of sp³-hybridized carbons (Fsp3) is 0.500. The number of aromatic carboxylic acids is 1. The monoisotopic (exact) mass is 205 g/mol. The van der Waals surface area contributed by atoms with E-state index in [0.717, 1.165) is 12.8 Å². The van der Waals surface area contributed by atoms with Crippen molar-refractivity contribution < 1.29 is 9.90 Å². The van der Waals surface area contributed by atoms with Gasteiger partial charge in [0.15, 0.2) is 5.69 Å². The molecule has 1 heterocycles. The van der Waals surface area contributed by atoms with Crippen molar-refractivity contribution in [3.8, 4) is 6.07 Å². The van der Waals surface area contributed by atoms with E-state index in [0.29, 0.717) is 13.0 Å². The van der Waals surface area contributed by atoms with E-state index in [1.54, 1.807) is 10.9 Å². The Morgan fingerprint density at radius 1 is 1.73 bits per heavy atom. The van der Waals surface area contributed by atoms with Gasteiger partial charge in [0.05, 0.1) is 6.07 Å². The number of aromatic nitrogens is 2. The smallest absolute Gasteiger partial charge is 0.356 e. The molecule has 0 amide bonds. The number of carboxylic acid groups (broad SMARTS) is 1. The number of hydrogen-bond donors (Lipinski definition) is 1. The summed E-state index contributed by atoms with van der Waals surface area (Å²) >= 11 is 0. The van der Waals surface area contributed by atoms with Gasteiger partial charge in [-0.3, -0.25) is 4.68 Å². The van der Waals surface area contributed by atoms with Gasteiger partial charge in [-0.1, -0.05) is 0 Å². The molecule has 78 valence electrons. The van der Waals surface area contributed by atoms with Crippen LogP contribution in [0.1, 0.15) is 29.8 Å². The fourth-order valence-electron chi connectivity index (χ4n) is 1.64. The van der Waals surface area contributed by atoms with Crippen LogP contribution < -0.4 is 0 Å². The zero-order valence-electron chi connectivity index (χ0n) is 8.18. The maximum Gasteiger partial charge on any atom is 0.356 e. The highest BCUT2D eigenvalue weighted by molar-refractivity contribution is 5.84. The molecule has 0 aliphatic heterocycles. The molecule has 1 aromatic heterocycles. The molecule has 1 aliphatic rings. The minimum Gasteiger partial charge on any atom is -0.476 e. The van der Waals surface area contributed by atoms with E-state index < -0.39 is 5.97 Å². The van der Waals surface area contributed by atoms with Crippen molar-refractivity contribution in [1.82, 2.24) is 9.78 Å². The van der Waals surface area contributed by atoms with Crippen molar-refractivity contribution in [2.24, 2.45) is 5.41 Å². The highest BCUT2D eigenvalue weighted by Crippen LogP contribution is 2.49. The van der Waals surface area contributed by atoms with Crippen LogP contribution in [0.25, 0.3) is 0 Å². The van der Waals surface area contributed by atoms with Gasteiger partial charge in [-0.05, 0) is 18.9 Å². The SMILES string of the molecule is N#CCC1(Cn2ccc(C(=O)O)n2)CC1. The molecule has 1 N–H and O–H groups in total. The van der Waals surface area contributed by atoms with Crippen molar-refractivity contribution in [2.45, 2.75) is 25.8 Å². The van der Waals surface area contributed by atoms with Crippen LogP contribution in [0.2, 0.25) is 0 Å². The molecule has 5 nitrogen and oxygen atoms in total. The molecule has 5 heteroatoms. The van der Waals surface area contributed by atoms with E-state index in [1.165, 1.54) is 6.07 Å². The molecule has 0 saturated heterocycles. The van der Waals surface area contributed by atoms with Crippen molar-refractivity contribution in [3.05, 3.63) is 18.0 Å². The van der Waals surface area contributed by atoms with E-state index in [4.69, 9.17) is 10.4 Å². The van der Waals surface area contributed by atoms with Gasteiger partial charge in [-0.2, -0.15) is 10.4 Å². The average molecular weight is 205 g/mol. The summed E-state index contributed by atoms with van der Waals surface area (Å²) in [6, 6.07) is 3.64. The van der Waals surface area contributed by atoms with E-state index >= 15 is 0 Å². The molecule has 1 aromatic rings. The Morgan fingerprint density at radius 2 is 2.47 bits per heavy atom. The van der Waals surface area contributed by atoms with Gasteiger partial charge in [0, 0.05) is 24.6 Å². The molecular weight excluding hydrogens is 194 g/mol. The lowest BCUT2D eigenvalue weighted by atomic mass is 10.0. The van der Waals surface area contributed by atoms with Crippen LogP contribution in [0.15, 0.2) is 12.3 Å². The fourth-order valence-corrected chi connectivity index (χ4v) is 1.64. The predicted molar refractivity (Wildman–Crippen MR) is 51.1 cm³/mol. The van der Waals surface area contributed by atoms with Crippen LogP contribution in [0.4, 0.5) is 0 Å². The van der Waals surface area contributed by atoms with Gasteiger partial charge in [0.2, 0.25) is 0 Å². The summed E-state index contributed by atoms with van der Waals surface area (Å²) in [4.78, 5) is 10.6. The number of rotatable bonds is 4. The van der Waals surface area contributed by atoms with Crippen molar-refractivity contribution in [1.29, 1.82) is 5.26 Å². The zero-order valence-corrected chi connectivity index (χ0v) is 8.18. The molecule has 2 rings (SSSR count). The molecular formula is C10H11N3O2. The summed E-state index contributed by atoms with van der Waals surface area (Å²) in [5.74, 6) is -1.01. The Balaban J connectivity index is 2.06. The van der Waals surface area contributed by atoms with Crippen LogP contribution in [0.3, 0.4) is 0 Å². The molecule has 0 radical (unpaired) electrons. The predicted octanol–water partition coefficient (Wildman–Crippen LogP) is 1.28. The Bertz CT molecular complexity index is 426. The molecule has 1 saturated carbocycles. The van der Waals surface area contributed by atoms with Gasteiger partial charge in [-0.25, -0.2) is 4.79 Å². The summed E-state index contributed by atoms with van der Waals surface area (Å²) in [5.41, 5.74) is 0.110. The first-order chi connectivity index (χ1) is 7.15.